The normalized spacial score (nSPS) is 30.7. The molecular formula is C43H51NO15. The minimum atomic E-state index is -2.42. The summed E-state index contributed by atoms with van der Waals surface area (Å²) in [5.74, 6) is -9.04. The van der Waals surface area contributed by atoms with Gasteiger partial charge >= 0.3 is 41.8 Å². The zero-order chi connectivity index (χ0) is 44.0. The molecule has 0 saturated heterocycles. The second kappa shape index (κ2) is 18.4. The van der Waals surface area contributed by atoms with Crippen molar-refractivity contribution in [1.82, 2.24) is 4.98 Å². The number of rotatable bonds is 9. The van der Waals surface area contributed by atoms with Crippen molar-refractivity contribution in [3.8, 4) is 0 Å². The number of benzene rings is 1. The Morgan fingerprint density at radius 3 is 1.76 bits per heavy atom. The lowest BCUT2D eigenvalue weighted by atomic mass is 9.71. The third kappa shape index (κ3) is 10.6. The van der Waals surface area contributed by atoms with Crippen molar-refractivity contribution >= 4 is 41.8 Å². The minimum absolute atomic E-state index is 0.0211. The third-order valence-corrected chi connectivity index (χ3v) is 10.3. The van der Waals surface area contributed by atoms with E-state index in [1.54, 1.807) is 51.1 Å². The van der Waals surface area contributed by atoms with Gasteiger partial charge in [-0.15, -0.1) is 0 Å². The Morgan fingerprint density at radius 2 is 1.22 bits per heavy atom. The molecule has 0 unspecified atom stereocenters. The number of aromatic nitrogens is 1. The van der Waals surface area contributed by atoms with Gasteiger partial charge in [-0.05, 0) is 31.2 Å². The monoisotopic (exact) mass is 821 g/mol. The van der Waals surface area contributed by atoms with Crippen LogP contribution in [0.2, 0.25) is 0 Å². The van der Waals surface area contributed by atoms with Crippen LogP contribution in [0.4, 0.5) is 0 Å². The molecule has 1 heterocycles. The van der Waals surface area contributed by atoms with Crippen molar-refractivity contribution in [2.24, 2.45) is 17.3 Å². The van der Waals surface area contributed by atoms with Crippen molar-refractivity contribution in [3.05, 3.63) is 90.3 Å². The molecule has 0 bridgehead atoms. The number of nitrogens with zero attached hydrogens (tertiary/aromatic N) is 1. The summed E-state index contributed by atoms with van der Waals surface area (Å²) in [7, 11) is 0. The molecule has 10 atom stereocenters. The van der Waals surface area contributed by atoms with E-state index in [9.17, 15) is 38.7 Å². The SMILES string of the molecule is C=C1[C@H](OC(C)=O)[C@H](OC(C)=O)[C@@H](OC(=O)c2cccnc2)C(C)(C)/C=C/[C@H](C)[C@@H](OC(C)=O)[C@@]2(O)C[C@@](C)(OC(C)=O)[C@H](OC(=O)c3ccccc3)[C@@H]2[C@H]1OC(C)=O. The third-order valence-electron chi connectivity index (χ3n) is 10.3. The lowest BCUT2D eigenvalue weighted by Crippen LogP contribution is -2.60. The van der Waals surface area contributed by atoms with Gasteiger partial charge in [0.1, 0.15) is 23.4 Å². The van der Waals surface area contributed by atoms with E-state index in [0.717, 1.165) is 34.6 Å². The molecule has 318 valence electrons. The lowest BCUT2D eigenvalue weighted by Gasteiger charge is -2.46. The number of ether oxygens (including phenoxy) is 7. The van der Waals surface area contributed by atoms with E-state index in [-0.39, 0.29) is 16.7 Å². The topological polar surface area (TPSA) is 217 Å². The zero-order valence-corrected chi connectivity index (χ0v) is 34.5. The Hall–Kier alpha value is -5.90. The first-order valence-corrected chi connectivity index (χ1v) is 18.9. The second-order valence-corrected chi connectivity index (χ2v) is 15.6. The first-order chi connectivity index (χ1) is 27.5. The minimum Gasteiger partial charge on any atom is -0.459 e. The summed E-state index contributed by atoms with van der Waals surface area (Å²) in [6.45, 7) is 15.8. The van der Waals surface area contributed by atoms with E-state index in [4.69, 9.17) is 33.2 Å². The van der Waals surface area contributed by atoms with Gasteiger partial charge in [0.25, 0.3) is 0 Å². The van der Waals surface area contributed by atoms with Crippen LogP contribution in [-0.4, -0.2) is 99.7 Å². The van der Waals surface area contributed by atoms with Gasteiger partial charge in [-0.25, -0.2) is 9.59 Å². The number of hydrogen-bond donors (Lipinski definition) is 1. The number of carbonyl (C=O) groups excluding carboxylic acids is 7. The van der Waals surface area contributed by atoms with Gasteiger partial charge in [-0.2, -0.15) is 0 Å². The maximum Gasteiger partial charge on any atom is 0.340 e. The summed E-state index contributed by atoms with van der Waals surface area (Å²) in [6.07, 6.45) is -4.99. The number of aliphatic hydroxyl groups is 1. The fraction of sp³-hybridized carbons (Fsp3) is 0.488. The van der Waals surface area contributed by atoms with Crippen LogP contribution in [0.1, 0.15) is 89.5 Å². The average Bonchev–Trinajstić information content (AvgIpc) is 3.36. The fourth-order valence-electron chi connectivity index (χ4n) is 7.99. The van der Waals surface area contributed by atoms with Crippen LogP contribution >= 0.6 is 0 Å². The molecule has 1 fully saturated rings. The van der Waals surface area contributed by atoms with Crippen LogP contribution in [0.25, 0.3) is 0 Å². The van der Waals surface area contributed by atoms with E-state index < -0.39 is 113 Å². The van der Waals surface area contributed by atoms with Gasteiger partial charge in [0, 0.05) is 70.3 Å². The van der Waals surface area contributed by atoms with Gasteiger partial charge in [0.2, 0.25) is 0 Å². The molecule has 59 heavy (non-hydrogen) atoms. The van der Waals surface area contributed by atoms with Crippen LogP contribution < -0.4 is 0 Å². The number of esters is 7. The Bertz CT molecular complexity index is 1960. The lowest BCUT2D eigenvalue weighted by molar-refractivity contribution is -0.195. The largest absolute Gasteiger partial charge is 0.459 e. The molecule has 4 rings (SSSR count). The van der Waals surface area contributed by atoms with Crippen LogP contribution in [0, 0.1) is 17.3 Å². The van der Waals surface area contributed by atoms with Gasteiger partial charge in [-0.3, -0.25) is 29.0 Å². The van der Waals surface area contributed by atoms with Crippen molar-refractivity contribution < 1.29 is 71.8 Å². The molecule has 16 nitrogen and oxygen atoms in total. The summed E-state index contributed by atoms with van der Waals surface area (Å²) >= 11 is 0. The predicted octanol–water partition coefficient (Wildman–Crippen LogP) is 4.42. The Labute approximate surface area is 342 Å². The summed E-state index contributed by atoms with van der Waals surface area (Å²) in [5.41, 5.74) is -5.96. The molecule has 1 aromatic carbocycles. The molecule has 16 heteroatoms. The van der Waals surface area contributed by atoms with E-state index in [2.05, 4.69) is 11.6 Å². The summed E-state index contributed by atoms with van der Waals surface area (Å²) in [4.78, 5) is 96.6. The molecule has 2 aliphatic rings. The van der Waals surface area contributed by atoms with Gasteiger partial charge in [0.05, 0.1) is 17.0 Å². The molecule has 0 aliphatic heterocycles. The number of hydrogen-bond acceptors (Lipinski definition) is 16. The predicted molar refractivity (Wildman–Crippen MR) is 206 cm³/mol. The van der Waals surface area contributed by atoms with Gasteiger partial charge < -0.3 is 38.3 Å². The summed E-state index contributed by atoms with van der Waals surface area (Å²) in [5, 5.41) is 13.3. The van der Waals surface area contributed by atoms with Crippen molar-refractivity contribution in [2.45, 2.75) is 117 Å². The van der Waals surface area contributed by atoms with Crippen molar-refractivity contribution in [1.29, 1.82) is 0 Å². The highest BCUT2D eigenvalue weighted by Gasteiger charge is 2.70. The number of pyridine rings is 1. The molecule has 2 aliphatic carbocycles. The van der Waals surface area contributed by atoms with E-state index in [1.807, 2.05) is 0 Å². The summed E-state index contributed by atoms with van der Waals surface area (Å²) in [6, 6.07) is 10.7. The molecule has 2 aromatic rings. The highest BCUT2D eigenvalue weighted by molar-refractivity contribution is 5.90. The number of carbonyl (C=O) groups is 7. The van der Waals surface area contributed by atoms with Crippen LogP contribution in [-0.2, 0) is 57.1 Å². The van der Waals surface area contributed by atoms with Crippen molar-refractivity contribution in [2.75, 3.05) is 0 Å². The van der Waals surface area contributed by atoms with Crippen molar-refractivity contribution in [3.63, 3.8) is 0 Å². The Morgan fingerprint density at radius 1 is 0.678 bits per heavy atom. The molecule has 0 radical (unpaired) electrons. The smallest absolute Gasteiger partial charge is 0.340 e. The van der Waals surface area contributed by atoms with Crippen LogP contribution in [0.3, 0.4) is 0 Å². The van der Waals surface area contributed by atoms with Crippen LogP contribution in [0.15, 0.2) is 79.2 Å². The molecule has 0 amide bonds. The average molecular weight is 822 g/mol. The highest BCUT2D eigenvalue weighted by atomic mass is 16.6. The highest BCUT2D eigenvalue weighted by Crippen LogP contribution is 2.54. The molecule has 1 aromatic heterocycles. The standard InChI is InChI=1S/C43H51NO15/c1-23-18-19-41(8,9)38(58-40(51)31-17-14-20-44-21-31)35(55-27(5)47)34(54-26(4)46)24(2)33(53-25(3)45)32-37(57-39(50)30-15-12-11-13-16-30)42(10,59-29(7)49)22-43(32,52)36(23)56-28(6)48/h11-21,23,32-38,52H,2,22H2,1,3-10H3/b19-18+/t23-,32-,33-,34-,35-,36+,37+,38+,42+,43+/m0/s1. The Kier molecular flexibility index (Phi) is 14.2. The van der Waals surface area contributed by atoms with E-state index in [0.29, 0.717) is 0 Å². The summed E-state index contributed by atoms with van der Waals surface area (Å²) < 4.78 is 41.7. The Balaban J connectivity index is 2.13. The van der Waals surface area contributed by atoms with Gasteiger partial charge in [-0.1, -0.05) is 57.7 Å². The zero-order valence-electron chi connectivity index (χ0n) is 34.5. The van der Waals surface area contributed by atoms with E-state index in [1.165, 1.54) is 43.6 Å². The maximum absolute atomic E-state index is 13.9. The molecule has 1 saturated carbocycles. The molecule has 0 spiro atoms. The second-order valence-electron chi connectivity index (χ2n) is 15.6. The molecule has 1 N–H and O–H groups in total. The first kappa shape index (κ1) is 45.8. The van der Waals surface area contributed by atoms with Gasteiger partial charge in [0.15, 0.2) is 24.4 Å². The first-order valence-electron chi connectivity index (χ1n) is 18.9. The van der Waals surface area contributed by atoms with E-state index >= 15 is 0 Å². The molecular weight excluding hydrogens is 770 g/mol. The number of fused-ring (bicyclic) bond motifs is 1. The fourth-order valence-corrected chi connectivity index (χ4v) is 7.99. The quantitative estimate of drug-likeness (QED) is 0.210. The van der Waals surface area contributed by atoms with Crippen LogP contribution in [0.5, 0.6) is 0 Å². The maximum atomic E-state index is 13.9.